The number of nitrogens with one attached hydrogen (secondary N) is 1. The van der Waals surface area contributed by atoms with Crippen LogP contribution in [0.1, 0.15) is 26.2 Å². The second-order valence-electron chi connectivity index (χ2n) is 4.17. The van der Waals surface area contributed by atoms with Gasteiger partial charge in [0.1, 0.15) is 0 Å². The predicted molar refractivity (Wildman–Crippen MR) is 65.4 cm³/mol. The molecule has 1 N–H and O–H groups in total. The van der Waals surface area contributed by atoms with Gasteiger partial charge in [0.2, 0.25) is 0 Å². The van der Waals surface area contributed by atoms with E-state index in [1.54, 1.807) is 19.1 Å². The third-order valence-corrected chi connectivity index (χ3v) is 4.85. The van der Waals surface area contributed by atoms with Gasteiger partial charge < -0.3 is 5.32 Å². The van der Waals surface area contributed by atoms with Crippen LogP contribution in [0, 0.1) is 0 Å². The molecule has 0 bridgehead atoms. The molecular formula is C12H17NO2S. The van der Waals surface area contributed by atoms with Crippen LogP contribution in [-0.2, 0) is 9.84 Å². The molecule has 0 radical (unpaired) electrons. The Balaban J connectivity index is 2.29. The van der Waals surface area contributed by atoms with Crippen molar-refractivity contribution >= 4 is 15.5 Å². The highest BCUT2D eigenvalue weighted by molar-refractivity contribution is 7.91. The number of hydrogen-bond donors (Lipinski definition) is 1. The fraction of sp³-hybridized carbons (Fsp3) is 0.500. The standard InChI is InChI=1S/C12H17NO2S/c1-2-16(14,15)12-9-4-3-8-11(12)13-10-6-5-7-10/h3-4,8-10,13H,2,5-7H2,1H3. The van der Waals surface area contributed by atoms with E-state index in [4.69, 9.17) is 0 Å². The average molecular weight is 239 g/mol. The lowest BCUT2D eigenvalue weighted by Crippen LogP contribution is -2.27. The van der Waals surface area contributed by atoms with Crippen molar-refractivity contribution in [1.82, 2.24) is 0 Å². The van der Waals surface area contributed by atoms with Crippen LogP contribution in [0.25, 0.3) is 0 Å². The summed E-state index contributed by atoms with van der Waals surface area (Å²) in [5.74, 6) is 0.149. The van der Waals surface area contributed by atoms with Gasteiger partial charge in [-0.3, -0.25) is 0 Å². The first-order chi connectivity index (χ1) is 7.63. The molecule has 0 aromatic heterocycles. The number of rotatable bonds is 4. The van der Waals surface area contributed by atoms with Gasteiger partial charge in [0.05, 0.1) is 16.3 Å². The van der Waals surface area contributed by atoms with Crippen LogP contribution >= 0.6 is 0 Å². The van der Waals surface area contributed by atoms with Crippen LogP contribution < -0.4 is 5.32 Å². The minimum Gasteiger partial charge on any atom is -0.381 e. The molecule has 3 nitrogen and oxygen atoms in total. The zero-order chi connectivity index (χ0) is 11.6. The van der Waals surface area contributed by atoms with E-state index >= 15 is 0 Å². The summed E-state index contributed by atoms with van der Waals surface area (Å²) in [5, 5.41) is 3.31. The maximum atomic E-state index is 11.9. The molecule has 0 spiro atoms. The summed E-state index contributed by atoms with van der Waals surface area (Å²) in [7, 11) is -3.12. The van der Waals surface area contributed by atoms with E-state index in [-0.39, 0.29) is 5.75 Å². The van der Waals surface area contributed by atoms with Crippen LogP contribution in [0.5, 0.6) is 0 Å². The van der Waals surface area contributed by atoms with E-state index in [1.165, 1.54) is 6.42 Å². The van der Waals surface area contributed by atoms with Crippen molar-refractivity contribution in [3.63, 3.8) is 0 Å². The summed E-state index contributed by atoms with van der Waals surface area (Å²) in [4.78, 5) is 0.435. The average Bonchev–Trinajstić information content (AvgIpc) is 2.24. The molecule has 0 amide bonds. The lowest BCUT2D eigenvalue weighted by Gasteiger charge is -2.28. The lowest BCUT2D eigenvalue weighted by molar-refractivity contribution is 0.445. The minimum absolute atomic E-state index is 0.149. The maximum absolute atomic E-state index is 11.9. The Hall–Kier alpha value is -1.03. The van der Waals surface area contributed by atoms with E-state index in [9.17, 15) is 8.42 Å². The first kappa shape index (κ1) is 11.5. The lowest BCUT2D eigenvalue weighted by atomic mass is 9.93. The van der Waals surface area contributed by atoms with Gasteiger partial charge in [-0.15, -0.1) is 0 Å². The summed E-state index contributed by atoms with van der Waals surface area (Å²) in [6.07, 6.45) is 3.52. The second kappa shape index (κ2) is 4.45. The van der Waals surface area contributed by atoms with Gasteiger partial charge in [0, 0.05) is 6.04 Å². The Morgan fingerprint density at radius 2 is 2.00 bits per heavy atom. The molecule has 0 heterocycles. The second-order valence-corrected chi connectivity index (χ2v) is 6.42. The SMILES string of the molecule is CCS(=O)(=O)c1ccccc1NC1CCC1. The number of hydrogen-bond acceptors (Lipinski definition) is 3. The zero-order valence-corrected chi connectivity index (χ0v) is 10.3. The molecule has 1 saturated carbocycles. The van der Waals surface area contributed by atoms with Gasteiger partial charge in [0.25, 0.3) is 0 Å². The predicted octanol–water partition coefficient (Wildman–Crippen LogP) is 2.44. The monoisotopic (exact) mass is 239 g/mol. The number of sulfone groups is 1. The highest BCUT2D eigenvalue weighted by Crippen LogP contribution is 2.27. The molecule has 1 aromatic rings. The van der Waals surface area contributed by atoms with Crippen LogP contribution in [0.2, 0.25) is 0 Å². The summed E-state index contributed by atoms with van der Waals surface area (Å²) in [5.41, 5.74) is 0.758. The van der Waals surface area contributed by atoms with Crippen LogP contribution in [0.3, 0.4) is 0 Å². The van der Waals surface area contributed by atoms with Gasteiger partial charge in [-0.2, -0.15) is 0 Å². The maximum Gasteiger partial charge on any atom is 0.180 e. The third kappa shape index (κ3) is 2.21. The van der Waals surface area contributed by atoms with Crippen molar-refractivity contribution in [2.24, 2.45) is 0 Å². The Morgan fingerprint density at radius 1 is 1.31 bits per heavy atom. The number of para-hydroxylation sites is 1. The molecule has 16 heavy (non-hydrogen) atoms. The first-order valence-corrected chi connectivity index (χ1v) is 7.37. The molecule has 4 heteroatoms. The van der Waals surface area contributed by atoms with Crippen molar-refractivity contribution in [2.45, 2.75) is 37.1 Å². The minimum atomic E-state index is -3.12. The third-order valence-electron chi connectivity index (χ3n) is 3.07. The molecule has 0 saturated heterocycles. The number of anilines is 1. The molecule has 88 valence electrons. The van der Waals surface area contributed by atoms with Gasteiger partial charge in [0.15, 0.2) is 9.84 Å². The fourth-order valence-corrected chi connectivity index (χ4v) is 2.84. The summed E-state index contributed by atoms with van der Waals surface area (Å²) < 4.78 is 23.7. The van der Waals surface area contributed by atoms with Gasteiger partial charge in [-0.05, 0) is 31.4 Å². The Labute approximate surface area is 96.8 Å². The van der Waals surface area contributed by atoms with Gasteiger partial charge in [-0.25, -0.2) is 8.42 Å². The van der Waals surface area contributed by atoms with Gasteiger partial charge >= 0.3 is 0 Å². The van der Waals surface area contributed by atoms with Crippen LogP contribution in [0.15, 0.2) is 29.2 Å². The Morgan fingerprint density at radius 3 is 2.56 bits per heavy atom. The summed E-state index contributed by atoms with van der Waals surface area (Å²) in [6, 6.07) is 7.62. The highest BCUT2D eigenvalue weighted by atomic mass is 32.2. The molecular weight excluding hydrogens is 222 g/mol. The van der Waals surface area contributed by atoms with Crippen molar-refractivity contribution in [1.29, 1.82) is 0 Å². The number of benzene rings is 1. The topological polar surface area (TPSA) is 46.2 Å². The van der Waals surface area contributed by atoms with E-state index in [0.29, 0.717) is 10.9 Å². The van der Waals surface area contributed by atoms with Crippen LogP contribution in [-0.4, -0.2) is 20.2 Å². The highest BCUT2D eigenvalue weighted by Gasteiger charge is 2.21. The quantitative estimate of drug-likeness (QED) is 0.877. The Bertz CT molecular complexity index is 464. The fourth-order valence-electron chi connectivity index (χ4n) is 1.79. The molecule has 1 aliphatic carbocycles. The van der Waals surface area contributed by atoms with Crippen LogP contribution in [0.4, 0.5) is 5.69 Å². The van der Waals surface area contributed by atoms with Crippen molar-refractivity contribution in [3.8, 4) is 0 Å². The first-order valence-electron chi connectivity index (χ1n) is 5.72. The molecule has 1 fully saturated rings. The molecule has 0 atom stereocenters. The van der Waals surface area contributed by atoms with Crippen molar-refractivity contribution < 1.29 is 8.42 Å². The molecule has 0 unspecified atom stereocenters. The zero-order valence-electron chi connectivity index (χ0n) is 9.44. The molecule has 2 rings (SSSR count). The van der Waals surface area contributed by atoms with Gasteiger partial charge in [-0.1, -0.05) is 19.1 Å². The largest absolute Gasteiger partial charge is 0.381 e. The van der Waals surface area contributed by atoms with E-state index in [0.717, 1.165) is 18.5 Å². The normalized spacial score (nSPS) is 16.8. The van der Waals surface area contributed by atoms with Crippen molar-refractivity contribution in [3.05, 3.63) is 24.3 Å². The smallest absolute Gasteiger partial charge is 0.180 e. The summed E-state index contributed by atoms with van der Waals surface area (Å²) >= 11 is 0. The summed E-state index contributed by atoms with van der Waals surface area (Å²) in [6.45, 7) is 1.68. The van der Waals surface area contributed by atoms with E-state index in [2.05, 4.69) is 5.32 Å². The van der Waals surface area contributed by atoms with E-state index < -0.39 is 9.84 Å². The Kier molecular flexibility index (Phi) is 3.19. The molecule has 0 aliphatic heterocycles. The van der Waals surface area contributed by atoms with Crippen molar-refractivity contribution in [2.75, 3.05) is 11.1 Å². The molecule has 1 aromatic carbocycles. The van der Waals surface area contributed by atoms with E-state index in [1.807, 2.05) is 12.1 Å². The molecule has 1 aliphatic rings.